The molecule has 0 aliphatic rings. The van der Waals surface area contributed by atoms with Crippen LogP contribution in [-0.2, 0) is 11.8 Å². The van der Waals surface area contributed by atoms with Gasteiger partial charge in [0.05, 0.1) is 24.4 Å². The quantitative estimate of drug-likeness (QED) is 0.602. The van der Waals surface area contributed by atoms with E-state index in [1.807, 2.05) is 54.1 Å². The van der Waals surface area contributed by atoms with Crippen molar-refractivity contribution in [1.29, 1.82) is 0 Å². The first-order valence-corrected chi connectivity index (χ1v) is 9.89. The average molecular weight is 389 g/mol. The van der Waals surface area contributed by atoms with Gasteiger partial charge in [-0.15, -0.1) is 11.8 Å². The number of thioether (sulfide) groups is 1. The normalized spacial score (nSPS) is 11.7. The molecule has 0 bridgehead atoms. The number of rotatable bonds is 6. The molecule has 1 aromatic heterocycles. The monoisotopic (exact) mass is 388 g/mol. The first kappa shape index (κ1) is 18.5. The van der Waals surface area contributed by atoms with Crippen LogP contribution in [-0.4, -0.2) is 30.4 Å². The van der Waals surface area contributed by atoms with E-state index in [9.17, 15) is 4.79 Å². The fourth-order valence-corrected chi connectivity index (χ4v) is 4.40. The zero-order chi connectivity index (χ0) is 18.5. The van der Waals surface area contributed by atoms with Gasteiger partial charge in [-0.05, 0) is 12.1 Å². The number of methoxy groups -OCH3 is 2. The van der Waals surface area contributed by atoms with Crippen LogP contribution in [0, 0.1) is 0 Å². The number of thiazole rings is 1. The SMILES string of the molecule is COc1cc2sc(=NC(=O)CCSc3ccccc3)n(C)c2cc1OC. The minimum atomic E-state index is -0.116. The van der Waals surface area contributed by atoms with Crippen molar-refractivity contribution in [3.8, 4) is 11.5 Å². The van der Waals surface area contributed by atoms with Gasteiger partial charge in [0.1, 0.15) is 0 Å². The van der Waals surface area contributed by atoms with E-state index in [0.717, 1.165) is 15.1 Å². The lowest BCUT2D eigenvalue weighted by Crippen LogP contribution is -2.13. The molecule has 0 saturated carbocycles. The van der Waals surface area contributed by atoms with Gasteiger partial charge in [-0.25, -0.2) is 0 Å². The van der Waals surface area contributed by atoms with Crippen molar-refractivity contribution in [3.05, 3.63) is 47.3 Å². The second-order valence-corrected chi connectivity index (χ2v) is 7.71. The van der Waals surface area contributed by atoms with Crippen LogP contribution in [0.1, 0.15) is 6.42 Å². The summed E-state index contributed by atoms with van der Waals surface area (Å²) in [6.07, 6.45) is 0.403. The summed E-state index contributed by atoms with van der Waals surface area (Å²) in [6, 6.07) is 13.9. The Balaban J connectivity index is 1.78. The van der Waals surface area contributed by atoms with Crippen molar-refractivity contribution in [2.24, 2.45) is 12.0 Å². The van der Waals surface area contributed by atoms with Gasteiger partial charge in [-0.1, -0.05) is 29.5 Å². The second kappa shape index (κ2) is 8.42. The summed E-state index contributed by atoms with van der Waals surface area (Å²) in [4.78, 5) is 18.4. The van der Waals surface area contributed by atoms with E-state index in [-0.39, 0.29) is 5.91 Å². The highest BCUT2D eigenvalue weighted by Crippen LogP contribution is 2.33. The summed E-state index contributed by atoms with van der Waals surface area (Å²) in [7, 11) is 5.11. The number of carbonyl (C=O) groups excluding carboxylic acids is 1. The van der Waals surface area contributed by atoms with Crippen LogP contribution in [0.25, 0.3) is 10.2 Å². The number of amides is 1. The van der Waals surface area contributed by atoms with E-state index in [1.165, 1.54) is 11.3 Å². The molecule has 0 aliphatic heterocycles. The number of carbonyl (C=O) groups is 1. The van der Waals surface area contributed by atoms with Gasteiger partial charge in [-0.2, -0.15) is 4.99 Å². The molecule has 1 heterocycles. The number of hydrogen-bond acceptors (Lipinski definition) is 5. The molecule has 0 fully saturated rings. The van der Waals surface area contributed by atoms with Crippen molar-refractivity contribution < 1.29 is 14.3 Å². The summed E-state index contributed by atoms with van der Waals surface area (Å²) in [5.74, 6) is 1.92. The Bertz CT molecular complexity index is 978. The van der Waals surface area contributed by atoms with E-state index in [4.69, 9.17) is 9.47 Å². The van der Waals surface area contributed by atoms with Crippen LogP contribution in [0.15, 0.2) is 52.4 Å². The number of fused-ring (bicyclic) bond motifs is 1. The van der Waals surface area contributed by atoms with Gasteiger partial charge >= 0.3 is 0 Å². The zero-order valence-electron chi connectivity index (χ0n) is 14.9. The van der Waals surface area contributed by atoms with Crippen LogP contribution < -0.4 is 14.3 Å². The fraction of sp³-hybridized carbons (Fsp3) is 0.263. The van der Waals surface area contributed by atoms with E-state index in [2.05, 4.69) is 4.99 Å². The number of ether oxygens (including phenoxy) is 2. The minimum absolute atomic E-state index is 0.116. The topological polar surface area (TPSA) is 52.8 Å². The number of nitrogens with zero attached hydrogens (tertiary/aromatic N) is 2. The molecule has 5 nitrogen and oxygen atoms in total. The van der Waals surface area contributed by atoms with E-state index in [1.54, 1.807) is 26.0 Å². The molecule has 0 radical (unpaired) electrons. The van der Waals surface area contributed by atoms with Gasteiger partial charge in [0.15, 0.2) is 16.3 Å². The number of hydrogen-bond donors (Lipinski definition) is 0. The van der Waals surface area contributed by atoms with Crippen LogP contribution >= 0.6 is 23.1 Å². The summed E-state index contributed by atoms with van der Waals surface area (Å²) in [5.41, 5.74) is 0.956. The van der Waals surface area contributed by atoms with E-state index in [0.29, 0.717) is 28.5 Å². The highest BCUT2D eigenvalue weighted by atomic mass is 32.2. The molecular weight excluding hydrogens is 368 g/mol. The largest absolute Gasteiger partial charge is 0.493 e. The smallest absolute Gasteiger partial charge is 0.249 e. The Labute approximate surface area is 160 Å². The maximum absolute atomic E-state index is 12.2. The Kier molecular flexibility index (Phi) is 6.00. The average Bonchev–Trinajstić information content (AvgIpc) is 2.96. The van der Waals surface area contributed by atoms with E-state index < -0.39 is 0 Å². The van der Waals surface area contributed by atoms with Crippen molar-refractivity contribution in [2.45, 2.75) is 11.3 Å². The van der Waals surface area contributed by atoms with Crippen molar-refractivity contribution >= 4 is 39.2 Å². The first-order chi connectivity index (χ1) is 12.6. The molecule has 2 aromatic carbocycles. The Morgan fingerprint density at radius 1 is 1.15 bits per heavy atom. The third-order valence-electron chi connectivity index (χ3n) is 3.86. The lowest BCUT2D eigenvalue weighted by molar-refractivity contribution is -0.117. The summed E-state index contributed by atoms with van der Waals surface area (Å²) in [5, 5.41) is 0. The Hall–Kier alpha value is -2.25. The molecular formula is C19H20N2O3S2. The lowest BCUT2D eigenvalue weighted by atomic mass is 10.3. The van der Waals surface area contributed by atoms with Crippen molar-refractivity contribution in [1.82, 2.24) is 4.57 Å². The van der Waals surface area contributed by atoms with E-state index >= 15 is 0 Å². The van der Waals surface area contributed by atoms with Gasteiger partial charge in [0.25, 0.3) is 0 Å². The molecule has 1 amide bonds. The predicted molar refractivity (Wildman–Crippen MR) is 106 cm³/mol. The standard InChI is InChI=1S/C19H20N2O3S2/c1-21-14-11-15(23-2)16(24-3)12-17(14)26-19(21)20-18(22)9-10-25-13-7-5-4-6-8-13/h4-8,11-12H,9-10H2,1-3H3. The van der Waals surface area contributed by atoms with Gasteiger partial charge < -0.3 is 14.0 Å². The molecule has 26 heavy (non-hydrogen) atoms. The third kappa shape index (κ3) is 4.11. The van der Waals surface area contributed by atoms with Crippen molar-refractivity contribution in [2.75, 3.05) is 20.0 Å². The van der Waals surface area contributed by atoms with Gasteiger partial charge in [-0.3, -0.25) is 4.79 Å². The van der Waals surface area contributed by atoms with Crippen LogP contribution in [0.2, 0.25) is 0 Å². The molecule has 0 atom stereocenters. The van der Waals surface area contributed by atoms with Crippen LogP contribution in [0.4, 0.5) is 0 Å². The third-order valence-corrected chi connectivity index (χ3v) is 5.97. The predicted octanol–water partition coefficient (Wildman–Crippen LogP) is 3.87. The molecule has 136 valence electrons. The maximum atomic E-state index is 12.2. The highest BCUT2D eigenvalue weighted by molar-refractivity contribution is 7.99. The molecule has 0 unspecified atom stereocenters. The molecule has 0 saturated heterocycles. The Morgan fingerprint density at radius 2 is 1.85 bits per heavy atom. The minimum Gasteiger partial charge on any atom is -0.493 e. The molecule has 7 heteroatoms. The van der Waals surface area contributed by atoms with Crippen LogP contribution in [0.3, 0.4) is 0 Å². The fourth-order valence-electron chi connectivity index (χ4n) is 2.50. The molecule has 3 rings (SSSR count). The second-order valence-electron chi connectivity index (χ2n) is 5.54. The van der Waals surface area contributed by atoms with Gasteiger partial charge in [0.2, 0.25) is 5.91 Å². The Morgan fingerprint density at radius 3 is 2.54 bits per heavy atom. The summed E-state index contributed by atoms with van der Waals surface area (Å²) in [6.45, 7) is 0. The van der Waals surface area contributed by atoms with Crippen molar-refractivity contribution in [3.63, 3.8) is 0 Å². The number of aromatic nitrogens is 1. The first-order valence-electron chi connectivity index (χ1n) is 8.09. The molecule has 3 aromatic rings. The molecule has 0 N–H and O–H groups in total. The maximum Gasteiger partial charge on any atom is 0.249 e. The number of benzene rings is 2. The summed E-state index contributed by atoms with van der Waals surface area (Å²) < 4.78 is 13.6. The van der Waals surface area contributed by atoms with Crippen LogP contribution in [0.5, 0.6) is 11.5 Å². The number of aryl methyl sites for hydroxylation is 1. The van der Waals surface area contributed by atoms with Gasteiger partial charge in [0, 0.05) is 36.2 Å². The summed E-state index contributed by atoms with van der Waals surface area (Å²) >= 11 is 3.12. The zero-order valence-corrected chi connectivity index (χ0v) is 16.5. The highest BCUT2D eigenvalue weighted by Gasteiger charge is 2.11. The molecule has 0 spiro atoms. The molecule has 0 aliphatic carbocycles. The lowest BCUT2D eigenvalue weighted by Gasteiger charge is -2.07.